The van der Waals surface area contributed by atoms with E-state index in [1.807, 2.05) is 0 Å². The second-order valence-corrected chi connectivity index (χ2v) is 6.76. The maximum Gasteiger partial charge on any atom is 0.348 e. The van der Waals surface area contributed by atoms with Gasteiger partial charge in [-0.3, -0.25) is 4.79 Å². The second kappa shape index (κ2) is 7.25. The molecule has 0 amide bonds. The molecule has 0 spiro atoms. The smallest absolute Gasteiger partial charge is 0.348 e. The summed E-state index contributed by atoms with van der Waals surface area (Å²) in [6, 6.07) is 6.97. The molecule has 1 N–H and O–H groups in total. The lowest BCUT2D eigenvalue weighted by atomic mass is 10.2. The van der Waals surface area contributed by atoms with Gasteiger partial charge >= 0.3 is 5.97 Å². The van der Waals surface area contributed by atoms with Gasteiger partial charge in [-0.2, -0.15) is 0 Å². The van der Waals surface area contributed by atoms with Crippen molar-refractivity contribution in [2.24, 2.45) is 0 Å². The van der Waals surface area contributed by atoms with Crippen LogP contribution in [0.25, 0.3) is 10.2 Å². The highest BCUT2D eigenvalue weighted by atomic mass is 35.5. The number of nitrogens with one attached hydrogen (secondary N) is 1. The van der Waals surface area contributed by atoms with E-state index in [0.717, 1.165) is 11.3 Å². The summed E-state index contributed by atoms with van der Waals surface area (Å²) >= 11 is 7.02. The lowest BCUT2D eigenvalue weighted by Crippen LogP contribution is -2.13. The number of ether oxygens (including phenoxy) is 2. The number of esters is 1. The summed E-state index contributed by atoms with van der Waals surface area (Å²) in [5.41, 5.74) is 0.328. The number of aromatic nitrogens is 2. The molecule has 0 fully saturated rings. The molecule has 0 aliphatic heterocycles. The third-order valence-electron chi connectivity index (χ3n) is 3.49. The zero-order valence-corrected chi connectivity index (χ0v) is 15.2. The van der Waals surface area contributed by atoms with Gasteiger partial charge in [-0.25, -0.2) is 9.78 Å². The number of benzene rings is 1. The molecule has 0 aliphatic carbocycles. The van der Waals surface area contributed by atoms with Gasteiger partial charge in [0, 0.05) is 5.02 Å². The van der Waals surface area contributed by atoms with Crippen molar-refractivity contribution in [3.63, 3.8) is 0 Å². The minimum Gasteiger partial charge on any atom is -0.490 e. The number of aromatic amines is 1. The van der Waals surface area contributed by atoms with E-state index in [0.29, 0.717) is 37.3 Å². The fraction of sp³-hybridized carbons (Fsp3) is 0.235. The van der Waals surface area contributed by atoms with E-state index in [1.165, 1.54) is 0 Å². The van der Waals surface area contributed by atoms with Crippen LogP contribution < -0.4 is 10.3 Å². The highest BCUT2D eigenvalue weighted by Gasteiger charge is 2.20. The van der Waals surface area contributed by atoms with Crippen LogP contribution in [-0.2, 0) is 4.74 Å². The van der Waals surface area contributed by atoms with E-state index < -0.39 is 5.97 Å². The van der Waals surface area contributed by atoms with E-state index in [2.05, 4.69) is 9.97 Å². The zero-order chi connectivity index (χ0) is 18.0. The number of hydrogen-bond donors (Lipinski definition) is 1. The Morgan fingerprint density at radius 3 is 2.88 bits per heavy atom. The molecule has 2 heterocycles. The van der Waals surface area contributed by atoms with Gasteiger partial charge in [0.15, 0.2) is 0 Å². The molecule has 0 bridgehead atoms. The number of H-pyrrole nitrogens is 1. The van der Waals surface area contributed by atoms with Crippen molar-refractivity contribution in [2.75, 3.05) is 13.2 Å². The third-order valence-corrected chi connectivity index (χ3v) is 4.89. The Morgan fingerprint density at radius 2 is 2.12 bits per heavy atom. The Hall–Kier alpha value is -2.38. The standard InChI is InChI=1S/C17H15ClN2O4S/c1-9-13-15(21)19-10(2)20-16(13)25-14(9)17(22)24-7-6-23-12-5-3-4-11(18)8-12/h3-5,8H,6-7H2,1-2H3,(H,19,20,21). The lowest BCUT2D eigenvalue weighted by molar-refractivity contribution is 0.0455. The number of halogens is 1. The first kappa shape index (κ1) is 17.4. The average molecular weight is 379 g/mol. The van der Waals surface area contributed by atoms with Crippen LogP contribution in [0.5, 0.6) is 5.75 Å². The molecule has 0 saturated carbocycles. The van der Waals surface area contributed by atoms with Crippen LogP contribution in [-0.4, -0.2) is 29.2 Å². The quantitative estimate of drug-likeness (QED) is 0.543. The van der Waals surface area contributed by atoms with Crippen LogP contribution in [0.15, 0.2) is 29.1 Å². The minimum absolute atomic E-state index is 0.0852. The average Bonchev–Trinajstić information content (AvgIpc) is 2.88. The summed E-state index contributed by atoms with van der Waals surface area (Å²) in [7, 11) is 0. The number of nitrogens with zero attached hydrogens (tertiary/aromatic N) is 1. The monoisotopic (exact) mass is 378 g/mol. The predicted molar refractivity (Wildman–Crippen MR) is 96.9 cm³/mol. The summed E-state index contributed by atoms with van der Waals surface area (Å²) in [5.74, 6) is 0.619. The second-order valence-electron chi connectivity index (χ2n) is 5.33. The molecule has 130 valence electrons. The van der Waals surface area contributed by atoms with Gasteiger partial charge in [0.05, 0.1) is 5.39 Å². The fourth-order valence-corrected chi connectivity index (χ4v) is 3.66. The molecule has 0 atom stereocenters. The molecule has 2 aromatic heterocycles. The van der Waals surface area contributed by atoms with Crippen LogP contribution in [0.2, 0.25) is 5.02 Å². The van der Waals surface area contributed by atoms with Gasteiger partial charge in [-0.15, -0.1) is 11.3 Å². The van der Waals surface area contributed by atoms with Gasteiger partial charge in [0.1, 0.15) is 34.5 Å². The van der Waals surface area contributed by atoms with E-state index in [-0.39, 0.29) is 18.8 Å². The van der Waals surface area contributed by atoms with Gasteiger partial charge in [0.25, 0.3) is 5.56 Å². The van der Waals surface area contributed by atoms with Crippen molar-refractivity contribution in [2.45, 2.75) is 13.8 Å². The maximum absolute atomic E-state index is 12.3. The summed E-state index contributed by atoms with van der Waals surface area (Å²) < 4.78 is 10.7. The Balaban J connectivity index is 1.65. The van der Waals surface area contributed by atoms with E-state index >= 15 is 0 Å². The van der Waals surface area contributed by atoms with Crippen LogP contribution in [0.3, 0.4) is 0 Å². The lowest BCUT2D eigenvalue weighted by Gasteiger charge is -2.07. The molecular formula is C17H15ClN2O4S. The van der Waals surface area contributed by atoms with Gasteiger partial charge in [0.2, 0.25) is 0 Å². The molecule has 0 unspecified atom stereocenters. The molecule has 1 aromatic carbocycles. The fourth-order valence-electron chi connectivity index (χ4n) is 2.36. The highest BCUT2D eigenvalue weighted by molar-refractivity contribution is 7.20. The minimum atomic E-state index is -0.493. The number of rotatable bonds is 5. The maximum atomic E-state index is 12.3. The van der Waals surface area contributed by atoms with Crippen molar-refractivity contribution in [3.05, 3.63) is 55.9 Å². The Kier molecular flexibility index (Phi) is 5.06. The molecule has 0 radical (unpaired) electrons. The molecule has 3 aromatic rings. The topological polar surface area (TPSA) is 81.3 Å². The zero-order valence-electron chi connectivity index (χ0n) is 13.6. The predicted octanol–water partition coefficient (Wildman–Crippen LogP) is 3.49. The number of carbonyl (C=O) groups is 1. The normalized spacial score (nSPS) is 10.8. The van der Waals surface area contributed by atoms with Crippen LogP contribution >= 0.6 is 22.9 Å². The van der Waals surface area contributed by atoms with Crippen molar-refractivity contribution < 1.29 is 14.3 Å². The third kappa shape index (κ3) is 3.83. The SMILES string of the molecule is Cc1nc2sc(C(=O)OCCOc3cccc(Cl)c3)c(C)c2c(=O)[nH]1. The first-order valence-electron chi connectivity index (χ1n) is 7.51. The number of carbonyl (C=O) groups excluding carboxylic acids is 1. The first-order chi connectivity index (χ1) is 12.0. The summed E-state index contributed by atoms with van der Waals surface area (Å²) in [6.45, 7) is 3.70. The molecular weight excluding hydrogens is 364 g/mol. The molecule has 6 nitrogen and oxygen atoms in total. The van der Waals surface area contributed by atoms with Crippen LogP contribution in [0, 0.1) is 13.8 Å². The largest absolute Gasteiger partial charge is 0.490 e. The van der Waals surface area contributed by atoms with Gasteiger partial charge < -0.3 is 14.5 Å². The molecule has 0 saturated heterocycles. The highest BCUT2D eigenvalue weighted by Crippen LogP contribution is 2.27. The van der Waals surface area contributed by atoms with E-state index in [4.69, 9.17) is 21.1 Å². The van der Waals surface area contributed by atoms with Crippen molar-refractivity contribution in [3.8, 4) is 5.75 Å². The van der Waals surface area contributed by atoms with Crippen molar-refractivity contribution >= 4 is 39.1 Å². The Morgan fingerprint density at radius 1 is 1.32 bits per heavy atom. The molecule has 25 heavy (non-hydrogen) atoms. The Labute approximate surface area is 152 Å². The molecule has 8 heteroatoms. The van der Waals surface area contributed by atoms with Gasteiger partial charge in [-0.1, -0.05) is 17.7 Å². The van der Waals surface area contributed by atoms with Crippen LogP contribution in [0.4, 0.5) is 0 Å². The number of fused-ring (bicyclic) bond motifs is 1. The van der Waals surface area contributed by atoms with Gasteiger partial charge in [-0.05, 0) is 37.6 Å². The van der Waals surface area contributed by atoms with E-state index in [9.17, 15) is 9.59 Å². The van der Waals surface area contributed by atoms with Crippen LogP contribution in [0.1, 0.15) is 21.1 Å². The summed E-state index contributed by atoms with van der Waals surface area (Å²) in [5, 5.41) is 1.00. The van der Waals surface area contributed by atoms with Crippen molar-refractivity contribution in [1.82, 2.24) is 9.97 Å². The van der Waals surface area contributed by atoms with Crippen molar-refractivity contribution in [1.29, 1.82) is 0 Å². The Bertz CT molecular complexity index is 996. The van der Waals surface area contributed by atoms with E-state index in [1.54, 1.807) is 38.1 Å². The molecule has 3 rings (SSSR count). The number of aryl methyl sites for hydroxylation is 2. The first-order valence-corrected chi connectivity index (χ1v) is 8.70. The number of hydrogen-bond acceptors (Lipinski definition) is 6. The summed E-state index contributed by atoms with van der Waals surface area (Å²) in [6.07, 6.45) is 0. The summed E-state index contributed by atoms with van der Waals surface area (Å²) in [4.78, 5) is 32.1. The number of thiophene rings is 1. The molecule has 0 aliphatic rings.